The van der Waals surface area contributed by atoms with Crippen LogP contribution >= 0.6 is 0 Å². The molecule has 3 heteroatoms. The Morgan fingerprint density at radius 3 is 1.37 bits per heavy atom. The zero-order valence-electron chi connectivity index (χ0n) is 10.1. The maximum Gasteiger partial charge on any atom is 0.228 e. The van der Waals surface area contributed by atoms with Gasteiger partial charge in [-0.15, -0.1) is 0 Å². The van der Waals surface area contributed by atoms with Gasteiger partial charge < -0.3 is 4.74 Å². The summed E-state index contributed by atoms with van der Waals surface area (Å²) in [6, 6.07) is 22.7. The van der Waals surface area contributed by atoms with E-state index in [-0.39, 0.29) is 0 Å². The second-order valence-corrected chi connectivity index (χ2v) is 4.42. The van der Waals surface area contributed by atoms with Crippen molar-refractivity contribution >= 4 is 0 Å². The molecule has 0 radical (unpaired) electrons. The van der Waals surface area contributed by atoms with Crippen LogP contribution in [0.5, 0.6) is 0 Å². The molecule has 0 aromatic heterocycles. The van der Waals surface area contributed by atoms with Crippen molar-refractivity contribution in [3.8, 4) is 12.1 Å². The number of hydrogen-bond acceptors (Lipinski definition) is 3. The SMILES string of the molecule is N#C[C@@]1(c2ccccc2)O[C@@]1(C#N)c1ccccc1. The minimum absolute atomic E-state index is 0.711. The molecule has 2 aromatic rings. The van der Waals surface area contributed by atoms with Crippen LogP contribution in [0.3, 0.4) is 0 Å². The molecule has 2 atom stereocenters. The Bertz CT molecular complexity index is 623. The first-order chi connectivity index (χ1) is 9.29. The van der Waals surface area contributed by atoms with Crippen LogP contribution in [0, 0.1) is 22.7 Å². The molecule has 0 spiro atoms. The lowest BCUT2D eigenvalue weighted by Gasteiger charge is -2.08. The summed E-state index contributed by atoms with van der Waals surface area (Å²) in [4.78, 5) is 0. The lowest BCUT2D eigenvalue weighted by atomic mass is 9.83. The van der Waals surface area contributed by atoms with Crippen molar-refractivity contribution < 1.29 is 4.74 Å². The first-order valence-corrected chi connectivity index (χ1v) is 5.93. The zero-order chi connectivity index (χ0) is 13.3. The molecule has 90 valence electrons. The Balaban J connectivity index is 2.14. The zero-order valence-corrected chi connectivity index (χ0v) is 10.1. The topological polar surface area (TPSA) is 60.1 Å². The average molecular weight is 246 g/mol. The van der Waals surface area contributed by atoms with Crippen LogP contribution < -0.4 is 0 Å². The van der Waals surface area contributed by atoms with Crippen LogP contribution in [0.1, 0.15) is 11.1 Å². The van der Waals surface area contributed by atoms with Gasteiger partial charge in [0.05, 0.1) is 0 Å². The molecule has 1 aliphatic heterocycles. The van der Waals surface area contributed by atoms with E-state index in [1.165, 1.54) is 0 Å². The summed E-state index contributed by atoms with van der Waals surface area (Å²) in [5, 5.41) is 19.0. The molecule has 0 aliphatic carbocycles. The molecule has 3 rings (SSSR count). The standard InChI is InChI=1S/C16H10N2O/c17-11-15(13-7-3-1-4-8-13)16(12-18,19-15)14-9-5-2-6-10-14/h1-10H/t15-,16-/m0/s1. The third kappa shape index (κ3) is 1.40. The Kier molecular flexibility index (Phi) is 2.38. The number of nitrogens with zero attached hydrogens (tertiary/aromatic N) is 2. The van der Waals surface area contributed by atoms with Gasteiger partial charge in [-0.25, -0.2) is 0 Å². The second kappa shape index (κ2) is 3.95. The summed E-state index contributed by atoms with van der Waals surface area (Å²) in [6.07, 6.45) is 0. The van der Waals surface area contributed by atoms with E-state index in [1.807, 2.05) is 60.7 Å². The van der Waals surface area contributed by atoms with E-state index in [0.717, 1.165) is 0 Å². The van der Waals surface area contributed by atoms with Gasteiger partial charge in [0.15, 0.2) is 0 Å². The highest BCUT2D eigenvalue weighted by Gasteiger charge is 2.74. The van der Waals surface area contributed by atoms with Gasteiger partial charge in [-0.05, 0) is 0 Å². The smallest absolute Gasteiger partial charge is 0.228 e. The van der Waals surface area contributed by atoms with Gasteiger partial charge >= 0.3 is 0 Å². The Morgan fingerprint density at radius 2 is 1.05 bits per heavy atom. The largest absolute Gasteiger partial charge is 0.321 e. The molecule has 1 saturated heterocycles. The lowest BCUT2D eigenvalue weighted by Crippen LogP contribution is -2.19. The third-order valence-corrected chi connectivity index (χ3v) is 3.44. The maximum atomic E-state index is 9.51. The van der Waals surface area contributed by atoms with E-state index in [1.54, 1.807) is 0 Å². The van der Waals surface area contributed by atoms with E-state index in [2.05, 4.69) is 12.1 Å². The molecule has 3 nitrogen and oxygen atoms in total. The van der Waals surface area contributed by atoms with E-state index in [0.29, 0.717) is 11.1 Å². The van der Waals surface area contributed by atoms with E-state index in [4.69, 9.17) is 4.74 Å². The first kappa shape index (κ1) is 11.5. The monoisotopic (exact) mass is 246 g/mol. The van der Waals surface area contributed by atoms with Gasteiger partial charge in [0.25, 0.3) is 0 Å². The third-order valence-electron chi connectivity index (χ3n) is 3.44. The predicted molar refractivity (Wildman–Crippen MR) is 68.6 cm³/mol. The summed E-state index contributed by atoms with van der Waals surface area (Å²) in [5.41, 5.74) is -0.986. The fourth-order valence-electron chi connectivity index (χ4n) is 2.41. The van der Waals surface area contributed by atoms with Crippen molar-refractivity contribution in [3.63, 3.8) is 0 Å². The minimum atomic E-state index is -1.20. The van der Waals surface area contributed by atoms with Crippen LogP contribution in [0.25, 0.3) is 0 Å². The highest BCUT2D eigenvalue weighted by Crippen LogP contribution is 2.61. The van der Waals surface area contributed by atoms with Crippen LogP contribution in [0.4, 0.5) is 0 Å². The van der Waals surface area contributed by atoms with Gasteiger partial charge in [0.2, 0.25) is 11.2 Å². The lowest BCUT2D eigenvalue weighted by molar-refractivity contribution is 0.314. The predicted octanol–water partition coefficient (Wildman–Crippen LogP) is 2.85. The summed E-state index contributed by atoms with van der Waals surface area (Å²) in [5.74, 6) is 0. The number of hydrogen-bond donors (Lipinski definition) is 0. The average Bonchev–Trinajstić information content (AvgIpc) is 3.20. The van der Waals surface area contributed by atoms with Crippen LogP contribution in [0.15, 0.2) is 60.7 Å². The molecule has 1 heterocycles. The van der Waals surface area contributed by atoms with Crippen molar-refractivity contribution in [2.45, 2.75) is 11.2 Å². The molecule has 0 amide bonds. The minimum Gasteiger partial charge on any atom is -0.321 e. The molecular weight excluding hydrogens is 236 g/mol. The fraction of sp³-hybridized carbons (Fsp3) is 0.125. The van der Waals surface area contributed by atoms with Gasteiger partial charge in [0.1, 0.15) is 12.1 Å². The van der Waals surface area contributed by atoms with Crippen molar-refractivity contribution in [1.29, 1.82) is 10.5 Å². The maximum absolute atomic E-state index is 9.51. The van der Waals surface area contributed by atoms with Crippen LogP contribution in [-0.4, -0.2) is 0 Å². The highest BCUT2D eigenvalue weighted by atomic mass is 16.6. The van der Waals surface area contributed by atoms with Crippen molar-refractivity contribution in [2.75, 3.05) is 0 Å². The fourth-order valence-corrected chi connectivity index (χ4v) is 2.41. The quantitative estimate of drug-likeness (QED) is 0.765. The Morgan fingerprint density at radius 1 is 0.684 bits per heavy atom. The summed E-state index contributed by atoms with van der Waals surface area (Å²) in [7, 11) is 0. The molecule has 0 saturated carbocycles. The number of rotatable bonds is 2. The molecule has 0 N–H and O–H groups in total. The van der Waals surface area contributed by atoms with Crippen LogP contribution in [0.2, 0.25) is 0 Å². The highest BCUT2D eigenvalue weighted by molar-refractivity contribution is 5.51. The van der Waals surface area contributed by atoms with Crippen molar-refractivity contribution in [2.24, 2.45) is 0 Å². The Labute approximate surface area is 111 Å². The molecular formula is C16H10N2O. The number of ether oxygens (including phenoxy) is 1. The van der Waals surface area contributed by atoms with Gasteiger partial charge in [-0.1, -0.05) is 60.7 Å². The van der Waals surface area contributed by atoms with Crippen LogP contribution in [-0.2, 0) is 15.9 Å². The summed E-state index contributed by atoms with van der Waals surface area (Å²) < 4.78 is 5.64. The first-order valence-electron chi connectivity index (χ1n) is 5.93. The van der Waals surface area contributed by atoms with Crippen molar-refractivity contribution in [3.05, 3.63) is 71.8 Å². The summed E-state index contributed by atoms with van der Waals surface area (Å²) >= 11 is 0. The van der Waals surface area contributed by atoms with Crippen molar-refractivity contribution in [1.82, 2.24) is 0 Å². The molecule has 1 aliphatic rings. The van der Waals surface area contributed by atoms with Gasteiger partial charge in [-0.3, -0.25) is 0 Å². The summed E-state index contributed by atoms with van der Waals surface area (Å²) in [6.45, 7) is 0. The van der Waals surface area contributed by atoms with E-state index in [9.17, 15) is 10.5 Å². The van der Waals surface area contributed by atoms with Gasteiger partial charge in [-0.2, -0.15) is 10.5 Å². The molecule has 2 aromatic carbocycles. The second-order valence-electron chi connectivity index (χ2n) is 4.42. The Hall–Kier alpha value is -2.62. The number of nitriles is 2. The van der Waals surface area contributed by atoms with Gasteiger partial charge in [0, 0.05) is 11.1 Å². The molecule has 19 heavy (non-hydrogen) atoms. The molecule has 1 fully saturated rings. The normalized spacial score (nSPS) is 28.1. The number of epoxide rings is 1. The van der Waals surface area contributed by atoms with E-state index >= 15 is 0 Å². The molecule has 0 unspecified atom stereocenters. The molecule has 0 bridgehead atoms. The van der Waals surface area contributed by atoms with E-state index < -0.39 is 11.2 Å². The number of benzene rings is 2.